The molecule has 1 unspecified atom stereocenters. The van der Waals surface area contributed by atoms with Crippen molar-refractivity contribution in [3.05, 3.63) is 65.7 Å². The van der Waals surface area contributed by atoms with Gasteiger partial charge in [-0.25, -0.2) is 5.48 Å². The van der Waals surface area contributed by atoms with Gasteiger partial charge in [-0.05, 0) is 23.6 Å². The molecule has 0 saturated heterocycles. The molecule has 0 aliphatic carbocycles. The van der Waals surface area contributed by atoms with Crippen LogP contribution in [0.1, 0.15) is 11.1 Å². The van der Waals surface area contributed by atoms with Crippen molar-refractivity contribution in [3.8, 4) is 5.75 Å². The van der Waals surface area contributed by atoms with E-state index in [1.54, 1.807) is 0 Å². The molecule has 1 aliphatic heterocycles. The average Bonchev–Trinajstić information content (AvgIpc) is 2.55. The fourth-order valence-electron chi connectivity index (χ4n) is 2.34. The first-order chi connectivity index (χ1) is 10.3. The lowest BCUT2D eigenvalue weighted by atomic mass is 9.96. The summed E-state index contributed by atoms with van der Waals surface area (Å²) in [5, 5.41) is 0. The molecule has 0 radical (unpaired) electrons. The Bertz CT molecular complexity index is 612. The van der Waals surface area contributed by atoms with Gasteiger partial charge in [-0.3, -0.25) is 9.63 Å². The summed E-state index contributed by atoms with van der Waals surface area (Å²) in [6.07, 6.45) is 0.677. The van der Waals surface area contributed by atoms with Crippen LogP contribution >= 0.6 is 0 Å². The summed E-state index contributed by atoms with van der Waals surface area (Å²) < 4.78 is 5.61. The molecule has 1 heterocycles. The number of carbonyl (C=O) groups excluding carboxylic acids is 1. The zero-order valence-electron chi connectivity index (χ0n) is 11.6. The van der Waals surface area contributed by atoms with Crippen molar-refractivity contribution in [3.63, 3.8) is 0 Å². The third kappa shape index (κ3) is 3.41. The maximum atomic E-state index is 12.1. The Morgan fingerprint density at radius 1 is 1.14 bits per heavy atom. The van der Waals surface area contributed by atoms with Crippen LogP contribution in [0.15, 0.2) is 54.6 Å². The standard InChI is InChI=1S/C17H17NO3/c19-17(18-21-11-13-6-2-1-3-7-13)15-10-14-8-4-5-9-16(14)20-12-15/h1-9,15H,10-12H2,(H,18,19). The highest BCUT2D eigenvalue weighted by Gasteiger charge is 2.25. The van der Waals surface area contributed by atoms with Crippen LogP contribution in [0.4, 0.5) is 0 Å². The monoisotopic (exact) mass is 283 g/mol. The van der Waals surface area contributed by atoms with Crippen LogP contribution in [0.3, 0.4) is 0 Å². The molecule has 4 nitrogen and oxygen atoms in total. The summed E-state index contributed by atoms with van der Waals surface area (Å²) in [7, 11) is 0. The number of carbonyl (C=O) groups is 1. The summed E-state index contributed by atoms with van der Waals surface area (Å²) in [6.45, 7) is 0.744. The summed E-state index contributed by atoms with van der Waals surface area (Å²) in [5.41, 5.74) is 4.59. The zero-order valence-corrected chi connectivity index (χ0v) is 11.6. The number of rotatable bonds is 4. The first-order valence-corrected chi connectivity index (χ1v) is 6.99. The van der Waals surface area contributed by atoms with Crippen molar-refractivity contribution in [2.24, 2.45) is 5.92 Å². The lowest BCUT2D eigenvalue weighted by Gasteiger charge is -2.24. The van der Waals surface area contributed by atoms with Crippen LogP contribution in [-0.4, -0.2) is 12.5 Å². The lowest BCUT2D eigenvalue weighted by Crippen LogP contribution is -2.37. The lowest BCUT2D eigenvalue weighted by molar-refractivity contribution is -0.140. The molecule has 2 aromatic carbocycles. The molecular weight excluding hydrogens is 266 g/mol. The Kier molecular flexibility index (Phi) is 4.17. The second-order valence-corrected chi connectivity index (χ2v) is 5.06. The predicted molar refractivity (Wildman–Crippen MR) is 78.5 cm³/mol. The van der Waals surface area contributed by atoms with E-state index >= 15 is 0 Å². The van der Waals surface area contributed by atoms with Gasteiger partial charge < -0.3 is 4.74 Å². The Morgan fingerprint density at radius 2 is 1.90 bits per heavy atom. The quantitative estimate of drug-likeness (QED) is 0.877. The number of ether oxygens (including phenoxy) is 1. The minimum Gasteiger partial charge on any atom is -0.492 e. The molecule has 108 valence electrons. The molecule has 1 N–H and O–H groups in total. The van der Waals surface area contributed by atoms with Gasteiger partial charge in [-0.2, -0.15) is 0 Å². The molecule has 0 bridgehead atoms. The minimum absolute atomic E-state index is 0.138. The highest BCUT2D eigenvalue weighted by molar-refractivity contribution is 5.78. The van der Waals surface area contributed by atoms with E-state index in [1.165, 1.54) is 0 Å². The van der Waals surface area contributed by atoms with E-state index < -0.39 is 0 Å². The SMILES string of the molecule is O=C(NOCc1ccccc1)C1COc2ccccc2C1. The number of fused-ring (bicyclic) bond motifs is 1. The first-order valence-electron chi connectivity index (χ1n) is 6.99. The van der Waals surface area contributed by atoms with E-state index in [0.29, 0.717) is 19.6 Å². The van der Waals surface area contributed by atoms with Crippen LogP contribution < -0.4 is 10.2 Å². The van der Waals surface area contributed by atoms with Crippen molar-refractivity contribution in [2.45, 2.75) is 13.0 Å². The molecule has 21 heavy (non-hydrogen) atoms. The number of hydroxylamine groups is 1. The molecule has 0 aromatic heterocycles. The van der Waals surface area contributed by atoms with E-state index in [-0.39, 0.29) is 11.8 Å². The van der Waals surface area contributed by atoms with Gasteiger partial charge >= 0.3 is 0 Å². The van der Waals surface area contributed by atoms with E-state index in [0.717, 1.165) is 16.9 Å². The van der Waals surface area contributed by atoms with Crippen molar-refractivity contribution in [1.82, 2.24) is 5.48 Å². The summed E-state index contributed by atoms with van der Waals surface area (Å²) >= 11 is 0. The molecule has 2 aromatic rings. The molecule has 1 aliphatic rings. The third-order valence-corrected chi connectivity index (χ3v) is 3.50. The van der Waals surface area contributed by atoms with Crippen molar-refractivity contribution in [2.75, 3.05) is 6.61 Å². The van der Waals surface area contributed by atoms with Gasteiger partial charge in [0.05, 0.1) is 12.5 Å². The predicted octanol–water partition coefficient (Wildman–Crippen LogP) is 2.49. The van der Waals surface area contributed by atoms with E-state index in [2.05, 4.69) is 5.48 Å². The average molecular weight is 283 g/mol. The van der Waals surface area contributed by atoms with Crippen molar-refractivity contribution >= 4 is 5.91 Å². The second-order valence-electron chi connectivity index (χ2n) is 5.06. The van der Waals surface area contributed by atoms with Crippen LogP contribution in [0, 0.1) is 5.92 Å². The van der Waals surface area contributed by atoms with Crippen LogP contribution in [0.25, 0.3) is 0 Å². The van der Waals surface area contributed by atoms with Gasteiger partial charge in [-0.15, -0.1) is 0 Å². The largest absolute Gasteiger partial charge is 0.492 e. The van der Waals surface area contributed by atoms with Gasteiger partial charge in [0, 0.05) is 0 Å². The number of hydrogen-bond donors (Lipinski definition) is 1. The Morgan fingerprint density at radius 3 is 2.76 bits per heavy atom. The highest BCUT2D eigenvalue weighted by Crippen LogP contribution is 2.26. The van der Waals surface area contributed by atoms with Gasteiger partial charge in [0.2, 0.25) is 5.91 Å². The fraction of sp³-hybridized carbons (Fsp3) is 0.235. The van der Waals surface area contributed by atoms with E-state index in [9.17, 15) is 4.79 Å². The smallest absolute Gasteiger partial charge is 0.250 e. The van der Waals surface area contributed by atoms with Crippen LogP contribution in [0.5, 0.6) is 5.75 Å². The summed E-state index contributed by atoms with van der Waals surface area (Å²) in [4.78, 5) is 17.3. The number of hydrogen-bond acceptors (Lipinski definition) is 3. The molecule has 4 heteroatoms. The van der Waals surface area contributed by atoms with Crippen molar-refractivity contribution in [1.29, 1.82) is 0 Å². The summed E-state index contributed by atoms with van der Waals surface area (Å²) in [6, 6.07) is 17.5. The first kappa shape index (κ1) is 13.6. The molecule has 0 saturated carbocycles. The molecular formula is C17H17NO3. The minimum atomic E-state index is -0.212. The molecule has 1 atom stereocenters. The van der Waals surface area contributed by atoms with Gasteiger partial charge in [0.25, 0.3) is 0 Å². The maximum absolute atomic E-state index is 12.1. The maximum Gasteiger partial charge on any atom is 0.250 e. The Hall–Kier alpha value is -2.33. The molecule has 1 amide bonds. The summed E-state index contributed by atoms with van der Waals surface area (Å²) in [5.74, 6) is 0.517. The molecule has 0 fully saturated rings. The molecule has 3 rings (SSSR count). The topological polar surface area (TPSA) is 47.6 Å². The van der Waals surface area contributed by atoms with Gasteiger partial charge in [-0.1, -0.05) is 48.5 Å². The van der Waals surface area contributed by atoms with Gasteiger partial charge in [0.15, 0.2) is 0 Å². The fourth-order valence-corrected chi connectivity index (χ4v) is 2.34. The normalized spacial score (nSPS) is 16.7. The second kappa shape index (κ2) is 6.41. The number of para-hydroxylation sites is 1. The third-order valence-electron chi connectivity index (χ3n) is 3.50. The van der Waals surface area contributed by atoms with E-state index in [4.69, 9.17) is 9.57 Å². The van der Waals surface area contributed by atoms with Crippen molar-refractivity contribution < 1.29 is 14.4 Å². The highest BCUT2D eigenvalue weighted by atomic mass is 16.7. The zero-order chi connectivity index (χ0) is 14.5. The van der Waals surface area contributed by atoms with Gasteiger partial charge in [0.1, 0.15) is 12.4 Å². The Balaban J connectivity index is 1.50. The Labute approximate surface area is 123 Å². The number of amides is 1. The number of nitrogens with one attached hydrogen (secondary N) is 1. The van der Waals surface area contributed by atoms with E-state index in [1.807, 2.05) is 54.6 Å². The van der Waals surface area contributed by atoms with Crippen LogP contribution in [0.2, 0.25) is 0 Å². The molecule has 0 spiro atoms. The number of benzene rings is 2. The van der Waals surface area contributed by atoms with Crippen LogP contribution in [-0.2, 0) is 22.7 Å².